The molecule has 0 radical (unpaired) electrons. The van der Waals surface area contributed by atoms with E-state index in [1.807, 2.05) is 6.07 Å². The van der Waals surface area contributed by atoms with Gasteiger partial charge in [-0.25, -0.2) is 9.59 Å². The Kier molecular flexibility index (Phi) is 7.28. The number of carboxylic acids is 1. The number of benzene rings is 2. The molecule has 0 unspecified atom stereocenters. The summed E-state index contributed by atoms with van der Waals surface area (Å²) in [5.41, 5.74) is 0.904. The molecule has 166 valence electrons. The Morgan fingerprint density at radius 2 is 1.88 bits per heavy atom. The normalized spacial score (nSPS) is 10.9. The SMILES string of the molecule is CCOC(=O)c1ccc(NC(=O)/C(C#N)=C/c2ccc(-c3ccc(Cl)c(C(=O)O)c3)o2)cc1. The first-order chi connectivity index (χ1) is 15.8. The van der Waals surface area contributed by atoms with E-state index >= 15 is 0 Å². The fourth-order valence-corrected chi connectivity index (χ4v) is 3.02. The fourth-order valence-electron chi connectivity index (χ4n) is 2.82. The van der Waals surface area contributed by atoms with E-state index in [9.17, 15) is 24.8 Å². The lowest BCUT2D eigenvalue weighted by molar-refractivity contribution is -0.112. The van der Waals surface area contributed by atoms with Crippen LogP contribution in [-0.4, -0.2) is 29.6 Å². The van der Waals surface area contributed by atoms with Crippen molar-refractivity contribution in [3.05, 3.63) is 82.1 Å². The lowest BCUT2D eigenvalue weighted by Gasteiger charge is -2.06. The van der Waals surface area contributed by atoms with Crippen LogP contribution in [0.3, 0.4) is 0 Å². The molecule has 1 heterocycles. The van der Waals surface area contributed by atoms with E-state index in [1.165, 1.54) is 42.5 Å². The second-order valence-corrected chi connectivity index (χ2v) is 7.03. The minimum Gasteiger partial charge on any atom is -0.478 e. The standard InChI is InChI=1S/C24H17ClN2O6/c1-2-32-24(31)14-3-6-17(7-4-14)27-22(28)16(13-26)11-18-8-10-21(33-18)15-5-9-20(25)19(12-15)23(29)30/h3-12H,2H2,1H3,(H,27,28)(H,29,30)/b16-11+. The van der Waals surface area contributed by atoms with E-state index in [2.05, 4.69) is 5.32 Å². The number of furan rings is 1. The van der Waals surface area contributed by atoms with Gasteiger partial charge in [0.2, 0.25) is 0 Å². The van der Waals surface area contributed by atoms with Crippen LogP contribution in [0.15, 0.2) is 64.6 Å². The number of nitrogens with zero attached hydrogens (tertiary/aromatic N) is 1. The molecular weight excluding hydrogens is 448 g/mol. The Morgan fingerprint density at radius 1 is 1.15 bits per heavy atom. The molecular formula is C24H17ClN2O6. The van der Waals surface area contributed by atoms with Gasteiger partial charge in [0.05, 0.1) is 22.8 Å². The zero-order chi connectivity index (χ0) is 24.0. The third-order valence-corrected chi connectivity index (χ3v) is 4.74. The second kappa shape index (κ2) is 10.3. The molecule has 0 saturated carbocycles. The molecule has 8 nitrogen and oxygen atoms in total. The number of nitrogens with one attached hydrogen (secondary N) is 1. The summed E-state index contributed by atoms with van der Waals surface area (Å²) in [5.74, 6) is -1.75. The van der Waals surface area contributed by atoms with Gasteiger partial charge in [0.25, 0.3) is 5.91 Å². The summed E-state index contributed by atoms with van der Waals surface area (Å²) in [6.45, 7) is 1.95. The summed E-state index contributed by atoms with van der Waals surface area (Å²) in [6.07, 6.45) is 1.26. The molecule has 1 aromatic heterocycles. The van der Waals surface area contributed by atoms with Crippen molar-refractivity contribution in [3.8, 4) is 17.4 Å². The molecule has 3 rings (SSSR count). The number of aromatic carboxylic acids is 1. The van der Waals surface area contributed by atoms with Crippen LogP contribution in [0.5, 0.6) is 0 Å². The predicted octanol–water partition coefficient (Wildman–Crippen LogP) is 5.02. The number of hydrogen-bond acceptors (Lipinski definition) is 6. The van der Waals surface area contributed by atoms with E-state index in [4.69, 9.17) is 20.8 Å². The third-order valence-electron chi connectivity index (χ3n) is 4.41. The second-order valence-electron chi connectivity index (χ2n) is 6.62. The summed E-state index contributed by atoms with van der Waals surface area (Å²) >= 11 is 5.89. The Labute approximate surface area is 193 Å². The van der Waals surface area contributed by atoms with Gasteiger partial charge in [-0.05, 0) is 61.5 Å². The van der Waals surface area contributed by atoms with Crippen LogP contribution < -0.4 is 5.32 Å². The number of anilines is 1. The van der Waals surface area contributed by atoms with Crippen molar-refractivity contribution in [2.24, 2.45) is 0 Å². The van der Waals surface area contributed by atoms with Crippen molar-refractivity contribution in [1.29, 1.82) is 5.26 Å². The van der Waals surface area contributed by atoms with Gasteiger partial charge in [-0.2, -0.15) is 5.26 Å². The average molecular weight is 465 g/mol. The van der Waals surface area contributed by atoms with Crippen molar-refractivity contribution in [1.82, 2.24) is 0 Å². The molecule has 0 atom stereocenters. The molecule has 0 aliphatic rings. The highest BCUT2D eigenvalue weighted by molar-refractivity contribution is 6.33. The number of carbonyl (C=O) groups is 3. The van der Waals surface area contributed by atoms with Gasteiger partial charge in [0.15, 0.2) is 0 Å². The number of carbonyl (C=O) groups excluding carboxylic acids is 2. The molecule has 0 saturated heterocycles. The van der Waals surface area contributed by atoms with E-state index < -0.39 is 17.8 Å². The topological polar surface area (TPSA) is 130 Å². The average Bonchev–Trinajstić information content (AvgIpc) is 3.26. The van der Waals surface area contributed by atoms with Crippen LogP contribution in [0.25, 0.3) is 17.4 Å². The number of hydrogen-bond donors (Lipinski definition) is 2. The summed E-state index contributed by atoms with van der Waals surface area (Å²) < 4.78 is 10.6. The van der Waals surface area contributed by atoms with Crippen LogP contribution in [-0.2, 0) is 9.53 Å². The molecule has 0 fully saturated rings. The summed E-state index contributed by atoms with van der Waals surface area (Å²) in [4.78, 5) is 35.5. The van der Waals surface area contributed by atoms with Crippen molar-refractivity contribution >= 4 is 41.2 Å². The summed E-state index contributed by atoms with van der Waals surface area (Å²) in [6, 6.07) is 15.4. The lowest BCUT2D eigenvalue weighted by Crippen LogP contribution is -2.13. The maximum atomic E-state index is 12.5. The Bertz CT molecular complexity index is 1290. The third kappa shape index (κ3) is 5.67. The van der Waals surface area contributed by atoms with Gasteiger partial charge in [-0.3, -0.25) is 4.79 Å². The van der Waals surface area contributed by atoms with Gasteiger partial charge < -0.3 is 19.6 Å². The summed E-state index contributed by atoms with van der Waals surface area (Å²) in [7, 11) is 0. The smallest absolute Gasteiger partial charge is 0.338 e. The van der Waals surface area contributed by atoms with Crippen LogP contribution >= 0.6 is 11.6 Å². The lowest BCUT2D eigenvalue weighted by atomic mass is 10.1. The largest absolute Gasteiger partial charge is 0.478 e. The van der Waals surface area contributed by atoms with Crippen molar-refractivity contribution in [3.63, 3.8) is 0 Å². The van der Waals surface area contributed by atoms with E-state index in [-0.39, 0.29) is 28.5 Å². The highest BCUT2D eigenvalue weighted by Crippen LogP contribution is 2.27. The molecule has 2 aromatic carbocycles. The number of ether oxygens (including phenoxy) is 1. The molecule has 1 amide bonds. The highest BCUT2D eigenvalue weighted by atomic mass is 35.5. The van der Waals surface area contributed by atoms with E-state index in [0.717, 1.165) is 0 Å². The maximum Gasteiger partial charge on any atom is 0.338 e. The monoisotopic (exact) mass is 464 g/mol. The zero-order valence-electron chi connectivity index (χ0n) is 17.3. The van der Waals surface area contributed by atoms with Gasteiger partial charge in [0, 0.05) is 17.3 Å². The van der Waals surface area contributed by atoms with Crippen LogP contribution in [0, 0.1) is 11.3 Å². The minimum absolute atomic E-state index is 0.0753. The number of carboxylic acid groups (broad SMARTS) is 1. The highest BCUT2D eigenvalue weighted by Gasteiger charge is 2.14. The number of rotatable bonds is 7. The molecule has 0 aliphatic heterocycles. The number of halogens is 1. The van der Waals surface area contributed by atoms with E-state index in [0.29, 0.717) is 22.6 Å². The van der Waals surface area contributed by atoms with Gasteiger partial charge >= 0.3 is 11.9 Å². The number of esters is 1. The van der Waals surface area contributed by atoms with Gasteiger partial charge in [0.1, 0.15) is 23.2 Å². The molecule has 9 heteroatoms. The fraction of sp³-hybridized carbons (Fsp3) is 0.0833. The quantitative estimate of drug-likeness (QED) is 0.285. The van der Waals surface area contributed by atoms with E-state index in [1.54, 1.807) is 25.1 Å². The van der Waals surface area contributed by atoms with Gasteiger partial charge in [-0.15, -0.1) is 0 Å². The molecule has 0 bridgehead atoms. The van der Waals surface area contributed by atoms with Crippen molar-refractivity contribution in [2.75, 3.05) is 11.9 Å². The first kappa shape index (κ1) is 23.3. The Hall–Kier alpha value is -4.35. The van der Waals surface area contributed by atoms with Gasteiger partial charge in [-0.1, -0.05) is 11.6 Å². The molecule has 0 spiro atoms. The van der Waals surface area contributed by atoms with Crippen LogP contribution in [0.2, 0.25) is 5.02 Å². The zero-order valence-corrected chi connectivity index (χ0v) is 18.1. The minimum atomic E-state index is -1.17. The first-order valence-corrected chi connectivity index (χ1v) is 10.0. The number of amides is 1. The molecule has 3 aromatic rings. The molecule has 0 aliphatic carbocycles. The maximum absolute atomic E-state index is 12.5. The molecule has 2 N–H and O–H groups in total. The van der Waals surface area contributed by atoms with Crippen molar-refractivity contribution < 1.29 is 28.6 Å². The first-order valence-electron chi connectivity index (χ1n) is 9.65. The predicted molar refractivity (Wildman–Crippen MR) is 121 cm³/mol. The van der Waals surface area contributed by atoms with Crippen LogP contribution in [0.1, 0.15) is 33.4 Å². The van der Waals surface area contributed by atoms with Crippen LogP contribution in [0.4, 0.5) is 5.69 Å². The van der Waals surface area contributed by atoms with Crippen molar-refractivity contribution in [2.45, 2.75) is 6.92 Å². The Morgan fingerprint density at radius 3 is 2.52 bits per heavy atom. The number of nitriles is 1. The summed E-state index contributed by atoms with van der Waals surface area (Å²) in [5, 5.41) is 21.3. The Balaban J connectivity index is 1.76. The molecule has 33 heavy (non-hydrogen) atoms.